The van der Waals surface area contributed by atoms with Crippen molar-refractivity contribution in [2.24, 2.45) is 0 Å². The van der Waals surface area contributed by atoms with Crippen LogP contribution < -0.4 is 5.32 Å². The van der Waals surface area contributed by atoms with E-state index < -0.39 is 5.97 Å². The zero-order valence-electron chi connectivity index (χ0n) is 9.06. The number of aromatic nitrogens is 2. The van der Waals surface area contributed by atoms with Crippen LogP contribution in [0.15, 0.2) is 11.4 Å². The molecule has 0 bridgehead atoms. The summed E-state index contributed by atoms with van der Waals surface area (Å²) in [6.45, 7) is 1.95. The molecular weight excluding hydrogens is 230 g/mol. The van der Waals surface area contributed by atoms with Gasteiger partial charge in [-0.2, -0.15) is 0 Å². The number of thioether (sulfide) groups is 1. The number of aliphatic carboxylic acids is 1. The number of imidazole rings is 1. The van der Waals surface area contributed by atoms with Crippen LogP contribution in [0.1, 0.15) is 5.69 Å². The molecule has 0 aliphatic carbocycles. The van der Waals surface area contributed by atoms with E-state index in [1.807, 2.05) is 0 Å². The maximum atomic E-state index is 11.2. The highest BCUT2D eigenvalue weighted by atomic mass is 32.2. The molecular formula is C9H13N3O3S. The van der Waals surface area contributed by atoms with Gasteiger partial charge in [0.05, 0.1) is 11.4 Å². The van der Waals surface area contributed by atoms with Crippen LogP contribution >= 0.6 is 11.8 Å². The van der Waals surface area contributed by atoms with Gasteiger partial charge in [0.1, 0.15) is 6.54 Å². The molecule has 0 aliphatic heterocycles. The van der Waals surface area contributed by atoms with Crippen molar-refractivity contribution >= 4 is 23.6 Å². The summed E-state index contributed by atoms with van der Waals surface area (Å²) in [6.07, 6.45) is 1.72. The number of carbonyl (C=O) groups excluding carboxylic acids is 1. The van der Waals surface area contributed by atoms with Crippen LogP contribution in [0.3, 0.4) is 0 Å². The second-order valence-corrected chi connectivity index (χ2v) is 4.09. The summed E-state index contributed by atoms with van der Waals surface area (Å²) >= 11 is 1.10. The molecule has 16 heavy (non-hydrogen) atoms. The number of hydrogen-bond acceptors (Lipinski definition) is 4. The highest BCUT2D eigenvalue weighted by Gasteiger charge is 2.10. The van der Waals surface area contributed by atoms with E-state index >= 15 is 0 Å². The van der Waals surface area contributed by atoms with Crippen molar-refractivity contribution in [1.29, 1.82) is 0 Å². The Morgan fingerprint density at radius 2 is 2.31 bits per heavy atom. The topological polar surface area (TPSA) is 84.2 Å². The summed E-state index contributed by atoms with van der Waals surface area (Å²) in [5, 5.41) is 11.6. The first-order chi connectivity index (χ1) is 7.52. The van der Waals surface area contributed by atoms with Crippen LogP contribution in [0, 0.1) is 6.92 Å². The van der Waals surface area contributed by atoms with Gasteiger partial charge in [0.25, 0.3) is 0 Å². The normalized spacial score (nSPS) is 10.1. The van der Waals surface area contributed by atoms with Gasteiger partial charge < -0.3 is 15.0 Å². The number of aryl methyl sites for hydroxylation is 1. The number of amides is 1. The molecule has 1 amide bonds. The number of carboxylic acids is 1. The summed E-state index contributed by atoms with van der Waals surface area (Å²) in [5.41, 5.74) is 0.761. The van der Waals surface area contributed by atoms with E-state index in [-0.39, 0.29) is 18.2 Å². The van der Waals surface area contributed by atoms with Crippen LogP contribution in [0.4, 0.5) is 0 Å². The largest absolute Gasteiger partial charge is 0.481 e. The van der Waals surface area contributed by atoms with E-state index in [0.717, 1.165) is 17.5 Å². The first-order valence-electron chi connectivity index (χ1n) is 4.62. The van der Waals surface area contributed by atoms with E-state index in [1.165, 1.54) is 0 Å². The predicted octanol–water partition coefficient (Wildman–Crippen LogP) is 0.114. The average Bonchev–Trinajstić information content (AvgIpc) is 2.55. The minimum Gasteiger partial charge on any atom is -0.481 e. The van der Waals surface area contributed by atoms with Gasteiger partial charge in [0.2, 0.25) is 5.91 Å². The SMILES string of the molecule is CNC(=O)Cn1cc(C)nc1SCC(=O)O. The number of hydrogen-bond donors (Lipinski definition) is 2. The molecule has 0 saturated carbocycles. The Kier molecular flexibility index (Phi) is 4.36. The number of likely N-dealkylation sites (N-methyl/N-ethyl adjacent to an activating group) is 1. The molecule has 0 fully saturated rings. The molecule has 1 heterocycles. The van der Waals surface area contributed by atoms with Crippen molar-refractivity contribution in [3.05, 3.63) is 11.9 Å². The average molecular weight is 243 g/mol. The quantitative estimate of drug-likeness (QED) is 0.717. The number of carbonyl (C=O) groups is 2. The maximum Gasteiger partial charge on any atom is 0.313 e. The fourth-order valence-corrected chi connectivity index (χ4v) is 1.86. The summed E-state index contributed by atoms with van der Waals surface area (Å²) < 4.78 is 1.64. The standard InChI is InChI=1S/C9H13N3O3S/c1-6-3-12(4-7(13)10-2)9(11-6)16-5-8(14)15/h3H,4-5H2,1-2H3,(H,10,13)(H,14,15). The Bertz CT molecular complexity index is 403. The van der Waals surface area contributed by atoms with Gasteiger partial charge in [-0.25, -0.2) is 4.98 Å². The summed E-state index contributed by atoms with van der Waals surface area (Å²) in [4.78, 5) is 25.8. The third kappa shape index (κ3) is 3.58. The monoisotopic (exact) mass is 243 g/mol. The highest BCUT2D eigenvalue weighted by molar-refractivity contribution is 7.99. The van der Waals surface area contributed by atoms with Crippen molar-refractivity contribution < 1.29 is 14.7 Å². The lowest BCUT2D eigenvalue weighted by Gasteiger charge is -2.04. The van der Waals surface area contributed by atoms with Crippen molar-refractivity contribution in [3.8, 4) is 0 Å². The van der Waals surface area contributed by atoms with E-state index in [4.69, 9.17) is 5.11 Å². The molecule has 0 aromatic carbocycles. The molecule has 7 heteroatoms. The van der Waals surface area contributed by atoms with Gasteiger partial charge in [-0.05, 0) is 6.92 Å². The van der Waals surface area contributed by atoms with Crippen molar-refractivity contribution in [3.63, 3.8) is 0 Å². The first-order valence-corrected chi connectivity index (χ1v) is 5.60. The lowest BCUT2D eigenvalue weighted by atomic mass is 10.5. The molecule has 0 unspecified atom stereocenters. The lowest BCUT2D eigenvalue weighted by Crippen LogP contribution is -2.23. The summed E-state index contributed by atoms with van der Waals surface area (Å²) in [5.74, 6) is -1.11. The Morgan fingerprint density at radius 3 is 2.88 bits per heavy atom. The molecule has 0 spiro atoms. The molecule has 0 atom stereocenters. The Balaban J connectivity index is 2.74. The van der Waals surface area contributed by atoms with E-state index in [9.17, 15) is 9.59 Å². The van der Waals surface area contributed by atoms with Crippen molar-refractivity contribution in [2.75, 3.05) is 12.8 Å². The second kappa shape index (κ2) is 5.55. The molecule has 1 rings (SSSR count). The maximum absolute atomic E-state index is 11.2. The van der Waals surface area contributed by atoms with Gasteiger partial charge in [0, 0.05) is 13.2 Å². The smallest absolute Gasteiger partial charge is 0.313 e. The summed E-state index contributed by atoms with van der Waals surface area (Å²) in [7, 11) is 1.55. The zero-order valence-corrected chi connectivity index (χ0v) is 9.87. The van der Waals surface area contributed by atoms with E-state index in [2.05, 4.69) is 10.3 Å². The first kappa shape index (κ1) is 12.6. The number of nitrogens with zero attached hydrogens (tertiary/aromatic N) is 2. The van der Waals surface area contributed by atoms with Crippen molar-refractivity contribution in [2.45, 2.75) is 18.6 Å². The van der Waals surface area contributed by atoms with Crippen LogP contribution in [-0.2, 0) is 16.1 Å². The molecule has 0 radical (unpaired) electrons. The predicted molar refractivity (Wildman–Crippen MR) is 59.4 cm³/mol. The van der Waals surface area contributed by atoms with Crippen LogP contribution in [0.25, 0.3) is 0 Å². The Labute approximate surface area is 97.1 Å². The van der Waals surface area contributed by atoms with Gasteiger partial charge in [0.15, 0.2) is 5.16 Å². The fourth-order valence-electron chi connectivity index (χ4n) is 1.11. The fraction of sp³-hybridized carbons (Fsp3) is 0.444. The number of carboxylic acid groups (broad SMARTS) is 1. The minimum atomic E-state index is -0.905. The van der Waals surface area contributed by atoms with Crippen LogP contribution in [0.2, 0.25) is 0 Å². The third-order valence-corrected chi connectivity index (χ3v) is 2.75. The van der Waals surface area contributed by atoms with Gasteiger partial charge in [-0.3, -0.25) is 9.59 Å². The van der Waals surface area contributed by atoms with Crippen LogP contribution in [-0.4, -0.2) is 39.3 Å². The van der Waals surface area contributed by atoms with E-state index in [1.54, 1.807) is 24.7 Å². The van der Waals surface area contributed by atoms with Gasteiger partial charge in [-0.1, -0.05) is 11.8 Å². The minimum absolute atomic E-state index is 0.0653. The molecule has 6 nitrogen and oxygen atoms in total. The van der Waals surface area contributed by atoms with Gasteiger partial charge >= 0.3 is 5.97 Å². The Hall–Kier alpha value is -1.50. The lowest BCUT2D eigenvalue weighted by molar-refractivity contribution is -0.133. The molecule has 1 aromatic heterocycles. The molecule has 0 saturated heterocycles. The molecule has 2 N–H and O–H groups in total. The Morgan fingerprint density at radius 1 is 1.62 bits per heavy atom. The van der Waals surface area contributed by atoms with Crippen molar-refractivity contribution in [1.82, 2.24) is 14.9 Å². The van der Waals surface area contributed by atoms with E-state index in [0.29, 0.717) is 5.16 Å². The molecule has 88 valence electrons. The second-order valence-electron chi connectivity index (χ2n) is 3.15. The summed E-state index contributed by atoms with van der Waals surface area (Å²) in [6, 6.07) is 0. The van der Waals surface area contributed by atoms with Gasteiger partial charge in [-0.15, -0.1) is 0 Å². The third-order valence-electron chi connectivity index (χ3n) is 1.78. The number of nitrogens with one attached hydrogen (secondary N) is 1. The number of rotatable bonds is 5. The molecule has 1 aromatic rings. The van der Waals surface area contributed by atoms with Crippen LogP contribution in [0.5, 0.6) is 0 Å². The zero-order chi connectivity index (χ0) is 12.1. The highest BCUT2D eigenvalue weighted by Crippen LogP contribution is 2.17. The molecule has 0 aliphatic rings.